The van der Waals surface area contributed by atoms with Gasteiger partial charge in [0, 0.05) is 23.2 Å². The lowest BCUT2D eigenvalue weighted by Crippen LogP contribution is -2.18. The third-order valence-electron chi connectivity index (χ3n) is 2.92. The second kappa shape index (κ2) is 3.59. The van der Waals surface area contributed by atoms with Gasteiger partial charge in [-0.2, -0.15) is 0 Å². The molecule has 17 heavy (non-hydrogen) atoms. The molecule has 4 nitrogen and oxygen atoms in total. The summed E-state index contributed by atoms with van der Waals surface area (Å²) in [6.07, 6.45) is 2.46. The van der Waals surface area contributed by atoms with Gasteiger partial charge < -0.3 is 9.88 Å². The fraction of sp³-hybridized carbons (Fsp3) is 0.0769. The molecular weight excluding hydrogens is 216 g/mol. The number of nitrogens with one attached hydrogen (secondary N) is 1. The molecule has 1 aliphatic heterocycles. The van der Waals surface area contributed by atoms with E-state index in [0.717, 1.165) is 17.6 Å². The molecule has 0 amide bonds. The zero-order valence-electron chi connectivity index (χ0n) is 9.01. The van der Waals surface area contributed by atoms with E-state index in [4.69, 9.17) is 0 Å². The van der Waals surface area contributed by atoms with Crippen molar-refractivity contribution < 1.29 is 4.79 Å². The van der Waals surface area contributed by atoms with Crippen LogP contribution in [0.15, 0.2) is 46.9 Å². The largest absolute Gasteiger partial charge is 0.347 e. The molecule has 2 heterocycles. The Hall–Kier alpha value is -2.36. The number of aromatic nitrogens is 1. The molecule has 84 valence electrons. The Morgan fingerprint density at radius 2 is 2.12 bits per heavy atom. The van der Waals surface area contributed by atoms with Crippen LogP contribution < -0.4 is 10.7 Å². The van der Waals surface area contributed by atoms with Crippen LogP contribution in [0.4, 0.5) is 5.82 Å². The highest BCUT2D eigenvalue weighted by molar-refractivity contribution is 5.83. The second-order valence-corrected chi connectivity index (χ2v) is 3.98. The predicted molar refractivity (Wildman–Crippen MR) is 66.0 cm³/mol. The zero-order valence-corrected chi connectivity index (χ0v) is 9.01. The minimum atomic E-state index is -0.0118. The summed E-state index contributed by atoms with van der Waals surface area (Å²) in [4.78, 5) is 22.6. The topological polar surface area (TPSA) is 51.1 Å². The van der Waals surface area contributed by atoms with E-state index in [1.54, 1.807) is 18.3 Å². The van der Waals surface area contributed by atoms with Gasteiger partial charge in [-0.1, -0.05) is 12.1 Å². The molecule has 0 fully saturated rings. The number of anilines is 1. The Balaban J connectivity index is 2.34. The van der Waals surface area contributed by atoms with Crippen molar-refractivity contribution in [2.24, 2.45) is 0 Å². The Labute approximate surface area is 97.2 Å². The molecule has 0 radical (unpaired) electrons. The first-order valence-electron chi connectivity index (χ1n) is 5.33. The predicted octanol–water partition coefficient (Wildman–Crippen LogP) is 1.51. The van der Waals surface area contributed by atoms with E-state index in [1.807, 2.05) is 22.8 Å². The molecule has 3 rings (SSSR count). The summed E-state index contributed by atoms with van der Waals surface area (Å²) in [5.74, 6) is 0.722. The molecule has 1 aromatic heterocycles. The van der Waals surface area contributed by atoms with Crippen LogP contribution in [-0.2, 0) is 11.3 Å². The van der Waals surface area contributed by atoms with Gasteiger partial charge in [0.05, 0.1) is 12.1 Å². The van der Waals surface area contributed by atoms with E-state index < -0.39 is 0 Å². The molecule has 1 aliphatic rings. The van der Waals surface area contributed by atoms with Crippen LogP contribution in [0, 0.1) is 0 Å². The fourth-order valence-corrected chi connectivity index (χ4v) is 2.08. The van der Waals surface area contributed by atoms with E-state index in [-0.39, 0.29) is 5.43 Å². The third kappa shape index (κ3) is 1.45. The van der Waals surface area contributed by atoms with Gasteiger partial charge in [-0.25, -0.2) is 0 Å². The van der Waals surface area contributed by atoms with Crippen molar-refractivity contribution in [1.29, 1.82) is 0 Å². The lowest BCUT2D eigenvalue weighted by atomic mass is 10.1. The van der Waals surface area contributed by atoms with Gasteiger partial charge in [-0.3, -0.25) is 9.59 Å². The van der Waals surface area contributed by atoms with Gasteiger partial charge in [-0.15, -0.1) is 0 Å². The van der Waals surface area contributed by atoms with Crippen LogP contribution >= 0.6 is 0 Å². The van der Waals surface area contributed by atoms with E-state index in [1.165, 1.54) is 0 Å². The number of benzene rings is 1. The molecule has 4 heteroatoms. The molecule has 0 atom stereocenters. The first-order chi connectivity index (χ1) is 8.29. The van der Waals surface area contributed by atoms with Gasteiger partial charge in [0.25, 0.3) is 0 Å². The van der Waals surface area contributed by atoms with Crippen molar-refractivity contribution >= 4 is 23.0 Å². The summed E-state index contributed by atoms with van der Waals surface area (Å²) in [7, 11) is 0. The van der Waals surface area contributed by atoms with Crippen molar-refractivity contribution in [3.05, 3.63) is 52.3 Å². The molecule has 1 N–H and O–H groups in total. The van der Waals surface area contributed by atoms with Crippen LogP contribution in [-0.4, -0.2) is 10.9 Å². The van der Waals surface area contributed by atoms with Gasteiger partial charge >= 0.3 is 0 Å². The summed E-state index contributed by atoms with van der Waals surface area (Å²) in [5.41, 5.74) is 1.49. The normalized spacial score (nSPS) is 13.8. The summed E-state index contributed by atoms with van der Waals surface area (Å²) in [5, 5.41) is 3.64. The maximum absolute atomic E-state index is 11.9. The summed E-state index contributed by atoms with van der Waals surface area (Å²) < 4.78 is 1.93. The highest BCUT2D eigenvalue weighted by Gasteiger charge is 2.12. The molecule has 1 aromatic carbocycles. The van der Waals surface area contributed by atoms with Crippen molar-refractivity contribution in [2.75, 3.05) is 5.32 Å². The molecule has 0 bridgehead atoms. The molecule has 0 aliphatic carbocycles. The van der Waals surface area contributed by atoms with Crippen molar-refractivity contribution in [1.82, 2.24) is 4.57 Å². The molecule has 0 unspecified atom stereocenters. The van der Waals surface area contributed by atoms with E-state index in [2.05, 4.69) is 5.32 Å². The van der Waals surface area contributed by atoms with E-state index in [0.29, 0.717) is 17.5 Å². The first kappa shape index (κ1) is 9.84. The Morgan fingerprint density at radius 3 is 2.94 bits per heavy atom. The Morgan fingerprint density at radius 1 is 1.29 bits per heavy atom. The average Bonchev–Trinajstić information content (AvgIpc) is 2.39. The summed E-state index contributed by atoms with van der Waals surface area (Å²) in [6.45, 7) is 0.493. The van der Waals surface area contributed by atoms with E-state index >= 15 is 0 Å². The lowest BCUT2D eigenvalue weighted by Gasteiger charge is -2.20. The maximum Gasteiger partial charge on any atom is 0.191 e. The Bertz CT molecular complexity index is 698. The smallest absolute Gasteiger partial charge is 0.191 e. The molecule has 0 saturated carbocycles. The highest BCUT2D eigenvalue weighted by atomic mass is 16.1. The third-order valence-corrected chi connectivity index (χ3v) is 2.92. The van der Waals surface area contributed by atoms with E-state index in [9.17, 15) is 9.59 Å². The van der Waals surface area contributed by atoms with Crippen molar-refractivity contribution in [3.63, 3.8) is 0 Å². The minimum absolute atomic E-state index is 0.0118. The van der Waals surface area contributed by atoms with Crippen LogP contribution in [0.5, 0.6) is 0 Å². The monoisotopic (exact) mass is 226 g/mol. The number of aldehydes is 1. The van der Waals surface area contributed by atoms with Crippen LogP contribution in [0.2, 0.25) is 0 Å². The van der Waals surface area contributed by atoms with Gasteiger partial charge in [0.2, 0.25) is 0 Å². The number of pyridine rings is 1. The average molecular weight is 226 g/mol. The van der Waals surface area contributed by atoms with Gasteiger partial charge in [0.1, 0.15) is 12.1 Å². The second-order valence-electron chi connectivity index (χ2n) is 3.98. The number of rotatable bonds is 1. The molecule has 0 saturated heterocycles. The molecular formula is C13H10N2O2. The standard InChI is InChI=1S/C13H10N2O2/c16-8-9-6-14-13-5-12(17)10-3-1-2-4-11(10)15(13)7-9/h1-6,8,14H,7H2. The molecule has 0 spiro atoms. The van der Waals surface area contributed by atoms with Crippen LogP contribution in [0.25, 0.3) is 10.9 Å². The fourth-order valence-electron chi connectivity index (χ4n) is 2.08. The quantitative estimate of drug-likeness (QED) is 0.750. The molecule has 2 aromatic rings. The van der Waals surface area contributed by atoms with Crippen molar-refractivity contribution in [3.8, 4) is 0 Å². The lowest BCUT2D eigenvalue weighted by molar-refractivity contribution is -0.105. The number of hydrogen-bond acceptors (Lipinski definition) is 3. The number of para-hydroxylation sites is 1. The van der Waals surface area contributed by atoms with Gasteiger partial charge in [-0.05, 0) is 12.1 Å². The number of carbonyl (C=O) groups is 1. The van der Waals surface area contributed by atoms with Crippen molar-refractivity contribution in [2.45, 2.75) is 6.54 Å². The number of fused-ring (bicyclic) bond motifs is 3. The van der Waals surface area contributed by atoms with Crippen LogP contribution in [0.3, 0.4) is 0 Å². The zero-order chi connectivity index (χ0) is 11.8. The maximum atomic E-state index is 11.9. The first-order valence-corrected chi connectivity index (χ1v) is 5.33. The summed E-state index contributed by atoms with van der Waals surface area (Å²) in [6, 6.07) is 8.96. The number of nitrogens with zero attached hydrogens (tertiary/aromatic N) is 1. The Kier molecular flexibility index (Phi) is 2.08. The highest BCUT2D eigenvalue weighted by Crippen LogP contribution is 2.20. The minimum Gasteiger partial charge on any atom is -0.347 e. The number of carbonyl (C=O) groups excluding carboxylic acids is 1. The van der Waals surface area contributed by atoms with Gasteiger partial charge in [0.15, 0.2) is 5.43 Å². The summed E-state index contributed by atoms with van der Waals surface area (Å²) >= 11 is 0. The van der Waals surface area contributed by atoms with Crippen LogP contribution in [0.1, 0.15) is 0 Å². The number of hydrogen-bond donors (Lipinski definition) is 1. The number of allylic oxidation sites excluding steroid dienone is 1. The SMILES string of the molecule is O=CC1=CNc2cc(=O)c3ccccc3n2C1.